The summed E-state index contributed by atoms with van der Waals surface area (Å²) in [5, 5.41) is 0. The molecule has 13 heteroatoms. The van der Waals surface area contributed by atoms with Crippen molar-refractivity contribution in [2.24, 2.45) is 4.36 Å². The molecule has 0 aliphatic heterocycles. The number of rotatable bonds is 0. The number of hydrogen-bond donors (Lipinski definition) is 0. The average molecular weight is 231 g/mol. The summed E-state index contributed by atoms with van der Waals surface area (Å²) in [6, 6.07) is 0. The van der Waals surface area contributed by atoms with Crippen LogP contribution in [0.2, 0.25) is 0 Å². The van der Waals surface area contributed by atoms with E-state index >= 15 is 0 Å². The van der Waals surface area contributed by atoms with E-state index in [4.69, 9.17) is 19.2 Å². The molecule has 0 bridgehead atoms. The van der Waals surface area contributed by atoms with Crippen LogP contribution in [-0.4, -0.2) is 6.30 Å². The second-order valence-corrected chi connectivity index (χ2v) is 2.08. The zero-order chi connectivity index (χ0) is 9.71. The van der Waals surface area contributed by atoms with Crippen molar-refractivity contribution in [3.05, 3.63) is 0 Å². The van der Waals surface area contributed by atoms with Crippen LogP contribution < -0.4 is 71.3 Å². The third-order valence-corrected chi connectivity index (χ3v) is 0.311. The third-order valence-electron chi connectivity index (χ3n) is 0.104. The van der Waals surface area contributed by atoms with Crippen LogP contribution in [0.25, 0.3) is 0 Å². The standard InChI is InChI=1S/CF3NS.3Li.H3O4P/c2-1(3,4)5-6;;;;1-5(2,3)4/h;;;;(H3,1,2,3,4)/q;3*+1;/p-3. The predicted octanol–water partition coefficient (Wildman–Crippen LogP) is -10.6. The molecule has 0 radical (unpaired) electrons. The maximum Gasteiger partial charge on any atom is 1.00 e. The molecule has 0 saturated carbocycles. The van der Waals surface area contributed by atoms with Gasteiger partial charge in [0, 0.05) is 12.4 Å². The molecule has 0 aliphatic carbocycles. The van der Waals surface area contributed by atoms with Gasteiger partial charge in [-0.15, -0.1) is 17.5 Å². The summed E-state index contributed by atoms with van der Waals surface area (Å²) in [4.78, 5) is 25.6. The molecule has 0 aliphatic rings. The van der Waals surface area contributed by atoms with E-state index in [-0.39, 0.29) is 56.6 Å². The Morgan fingerprint density at radius 2 is 1.14 bits per heavy atom. The Hall–Kier alpha value is 1.71. The van der Waals surface area contributed by atoms with Gasteiger partial charge in [-0.25, -0.2) is 0 Å². The molecule has 5 nitrogen and oxygen atoms in total. The van der Waals surface area contributed by atoms with Crippen molar-refractivity contribution in [3.63, 3.8) is 0 Å². The molecule has 0 spiro atoms. The van der Waals surface area contributed by atoms with Crippen LogP contribution in [0.3, 0.4) is 0 Å². The second-order valence-electron chi connectivity index (χ2n) is 1.01. The summed E-state index contributed by atoms with van der Waals surface area (Å²) in [6.07, 6.45) is -4.52. The maximum atomic E-state index is 10.5. The Bertz CT molecular complexity index is 165. The molecule has 0 fully saturated rings. The Morgan fingerprint density at radius 3 is 1.14 bits per heavy atom. The van der Waals surface area contributed by atoms with Gasteiger partial charge in [0.2, 0.25) is 0 Å². The fourth-order valence-corrected chi connectivity index (χ4v) is 0. The van der Waals surface area contributed by atoms with Gasteiger partial charge in [-0.1, -0.05) is 0 Å². The van der Waals surface area contributed by atoms with Gasteiger partial charge in [-0.2, -0.15) is 7.82 Å². The van der Waals surface area contributed by atoms with Crippen LogP contribution in [0.15, 0.2) is 4.36 Å². The molecule has 0 aromatic heterocycles. The van der Waals surface area contributed by atoms with E-state index in [0.29, 0.717) is 0 Å². The minimum absolute atomic E-state index is 0. The zero-order valence-corrected chi connectivity index (χ0v) is 9.28. The number of halogens is 3. The predicted molar refractivity (Wildman–Crippen MR) is 23.5 cm³/mol. The first-order valence-corrected chi connectivity index (χ1v) is 3.53. The quantitative estimate of drug-likeness (QED) is 0.234. The topological polar surface area (TPSA) is 98.6 Å². The summed E-state index contributed by atoms with van der Waals surface area (Å²) < 4.78 is 41.7. The SMILES string of the molecule is FC(F)(F)N=S.O=P([O-])([O-])[O-].[Li+].[Li+].[Li+]. The number of alkyl halides is 3. The smallest absolute Gasteiger partial charge is 0.822 e. The summed E-state index contributed by atoms with van der Waals surface area (Å²) in [5.41, 5.74) is 0. The van der Waals surface area contributed by atoms with Gasteiger partial charge in [0.15, 0.2) is 0 Å². The first kappa shape index (κ1) is 29.6. The van der Waals surface area contributed by atoms with Crippen LogP contribution in [-0.2, 0) is 17.0 Å². The van der Waals surface area contributed by atoms with E-state index in [1.807, 2.05) is 0 Å². The van der Waals surface area contributed by atoms with Crippen LogP contribution in [0, 0.1) is 0 Å². The third kappa shape index (κ3) is 99.8. The molecule has 0 rings (SSSR count). The number of phosphoric acid groups is 1. The van der Waals surface area contributed by atoms with E-state index < -0.39 is 14.1 Å². The van der Waals surface area contributed by atoms with Crippen molar-refractivity contribution in [1.82, 2.24) is 0 Å². The molecule has 0 atom stereocenters. The van der Waals surface area contributed by atoms with Crippen molar-refractivity contribution in [3.8, 4) is 0 Å². The van der Waals surface area contributed by atoms with Gasteiger partial charge in [0.25, 0.3) is 0 Å². The van der Waals surface area contributed by atoms with Crippen LogP contribution >= 0.6 is 7.82 Å². The van der Waals surface area contributed by atoms with Gasteiger partial charge >= 0.3 is 62.9 Å². The van der Waals surface area contributed by atoms with Crippen molar-refractivity contribution in [2.45, 2.75) is 6.30 Å². The molecule has 68 valence electrons. The monoisotopic (exact) mass is 231 g/mol. The minimum atomic E-state index is -5.39. The normalized spacial score (nSPS) is 9.00. The fraction of sp³-hybridized carbons (Fsp3) is 1.00. The molecular formula is CF3Li3NO4PS. The summed E-state index contributed by atoms with van der Waals surface area (Å²) in [5.74, 6) is 0. The van der Waals surface area contributed by atoms with E-state index in [1.54, 1.807) is 4.36 Å². The van der Waals surface area contributed by atoms with Crippen molar-refractivity contribution in [1.29, 1.82) is 0 Å². The molecule has 0 amide bonds. The first-order valence-electron chi connectivity index (χ1n) is 1.70. The Balaban J connectivity index is -0.0000000321. The minimum Gasteiger partial charge on any atom is -0.822 e. The van der Waals surface area contributed by atoms with E-state index in [0.717, 1.165) is 0 Å². The van der Waals surface area contributed by atoms with E-state index in [9.17, 15) is 13.2 Å². The van der Waals surface area contributed by atoms with Gasteiger partial charge in [0.1, 0.15) is 0 Å². The Labute approximate surface area is 119 Å². The van der Waals surface area contributed by atoms with Gasteiger partial charge < -0.3 is 19.2 Å². The van der Waals surface area contributed by atoms with Gasteiger partial charge in [-0.3, -0.25) is 0 Å². The summed E-state index contributed by atoms with van der Waals surface area (Å²) in [6.45, 7) is 0. The molecular weight excluding hydrogens is 231 g/mol. The molecule has 14 heavy (non-hydrogen) atoms. The molecule has 0 saturated heterocycles. The average Bonchev–Trinajstić information content (AvgIpc) is 1.59. The zero-order valence-electron chi connectivity index (χ0n) is 7.57. The van der Waals surface area contributed by atoms with Crippen LogP contribution in [0.4, 0.5) is 13.2 Å². The summed E-state index contributed by atoms with van der Waals surface area (Å²) in [7, 11) is -5.39. The van der Waals surface area contributed by atoms with Crippen LogP contribution in [0.5, 0.6) is 0 Å². The molecule has 0 heterocycles. The Morgan fingerprint density at radius 1 is 1.07 bits per heavy atom. The van der Waals surface area contributed by atoms with Crippen molar-refractivity contribution >= 4 is 20.2 Å². The summed E-state index contributed by atoms with van der Waals surface area (Å²) >= 11 is 3.29. The van der Waals surface area contributed by atoms with Crippen molar-refractivity contribution < 1.29 is 89.0 Å². The molecule has 0 unspecified atom stereocenters. The van der Waals surface area contributed by atoms with Crippen LogP contribution in [0.1, 0.15) is 0 Å². The molecule has 0 N–H and O–H groups in total. The molecule has 0 aromatic rings. The van der Waals surface area contributed by atoms with E-state index in [2.05, 4.69) is 12.4 Å². The van der Waals surface area contributed by atoms with Crippen molar-refractivity contribution in [2.75, 3.05) is 0 Å². The molecule has 0 aromatic carbocycles. The van der Waals surface area contributed by atoms with Gasteiger partial charge in [0.05, 0.1) is 0 Å². The largest absolute Gasteiger partial charge is 1.00 e. The first-order chi connectivity index (χ1) is 4.56. The second kappa shape index (κ2) is 12.8. The van der Waals surface area contributed by atoms with E-state index in [1.165, 1.54) is 0 Å². The number of hydrogen-bond acceptors (Lipinski definition) is 6. The fourth-order valence-electron chi connectivity index (χ4n) is 0. The maximum absolute atomic E-state index is 10.5. The van der Waals surface area contributed by atoms with Gasteiger partial charge in [-0.05, 0) is 0 Å². The number of nitrogens with zero attached hydrogens (tertiary/aromatic N) is 1. The Kier molecular flexibility index (Phi) is 27.1.